The van der Waals surface area contributed by atoms with Crippen molar-refractivity contribution >= 4 is 0 Å². The monoisotopic (exact) mass is 190 g/mol. The van der Waals surface area contributed by atoms with Gasteiger partial charge >= 0.3 is 0 Å². The van der Waals surface area contributed by atoms with Crippen molar-refractivity contribution in [3.8, 4) is 0 Å². The summed E-state index contributed by atoms with van der Waals surface area (Å²) in [5.41, 5.74) is 1.28. The van der Waals surface area contributed by atoms with Crippen LogP contribution in [-0.4, -0.2) is 29.5 Å². The molecule has 1 aromatic rings. The molecule has 76 valence electrons. The Hall–Kier alpha value is -0.890. The van der Waals surface area contributed by atoms with Crippen LogP contribution in [0.25, 0.3) is 0 Å². The fourth-order valence-electron chi connectivity index (χ4n) is 2.16. The molecule has 1 aliphatic rings. The largest absolute Gasteiger partial charge is 0.304 e. The van der Waals surface area contributed by atoms with Crippen LogP contribution in [0.5, 0.6) is 0 Å². The summed E-state index contributed by atoms with van der Waals surface area (Å²) in [6, 6.07) is 6.24. The molecule has 0 saturated carbocycles. The SMILES string of the molecule is CCN1CCC(c2ccccn2)CC1. The number of pyridine rings is 1. The van der Waals surface area contributed by atoms with Gasteiger partial charge in [-0.2, -0.15) is 0 Å². The van der Waals surface area contributed by atoms with Crippen LogP contribution in [-0.2, 0) is 0 Å². The number of piperidine rings is 1. The normalized spacial score (nSPS) is 19.8. The van der Waals surface area contributed by atoms with Gasteiger partial charge in [0.25, 0.3) is 0 Å². The molecule has 1 fully saturated rings. The minimum absolute atomic E-state index is 0.694. The fourth-order valence-corrected chi connectivity index (χ4v) is 2.16. The van der Waals surface area contributed by atoms with Crippen molar-refractivity contribution in [3.05, 3.63) is 30.1 Å². The van der Waals surface area contributed by atoms with Crippen LogP contribution >= 0.6 is 0 Å². The van der Waals surface area contributed by atoms with Crippen LogP contribution in [0, 0.1) is 0 Å². The molecular weight excluding hydrogens is 172 g/mol. The van der Waals surface area contributed by atoms with Crippen molar-refractivity contribution in [2.75, 3.05) is 19.6 Å². The van der Waals surface area contributed by atoms with Gasteiger partial charge in [-0.05, 0) is 44.6 Å². The summed E-state index contributed by atoms with van der Waals surface area (Å²) in [7, 11) is 0. The zero-order chi connectivity index (χ0) is 9.80. The first-order valence-electron chi connectivity index (χ1n) is 5.53. The summed E-state index contributed by atoms with van der Waals surface area (Å²) < 4.78 is 0. The lowest BCUT2D eigenvalue weighted by Gasteiger charge is -2.30. The van der Waals surface area contributed by atoms with E-state index >= 15 is 0 Å². The molecule has 1 aromatic heterocycles. The first-order valence-corrected chi connectivity index (χ1v) is 5.53. The van der Waals surface area contributed by atoms with Crippen LogP contribution in [0.3, 0.4) is 0 Å². The Balaban J connectivity index is 1.96. The first kappa shape index (κ1) is 9.66. The van der Waals surface area contributed by atoms with Crippen molar-refractivity contribution in [3.63, 3.8) is 0 Å². The number of likely N-dealkylation sites (tertiary alicyclic amines) is 1. The Morgan fingerprint density at radius 3 is 2.71 bits per heavy atom. The Labute approximate surface area is 86.0 Å². The molecule has 14 heavy (non-hydrogen) atoms. The van der Waals surface area contributed by atoms with Crippen LogP contribution in [0.15, 0.2) is 24.4 Å². The van der Waals surface area contributed by atoms with E-state index < -0.39 is 0 Å². The summed E-state index contributed by atoms with van der Waals surface area (Å²) in [6.07, 6.45) is 4.44. The molecule has 0 amide bonds. The summed E-state index contributed by atoms with van der Waals surface area (Å²) in [6.45, 7) is 5.89. The van der Waals surface area contributed by atoms with Crippen LogP contribution < -0.4 is 0 Å². The molecular formula is C12H18N2. The van der Waals surface area contributed by atoms with Crippen molar-refractivity contribution in [1.29, 1.82) is 0 Å². The second-order valence-electron chi connectivity index (χ2n) is 3.96. The predicted octanol–water partition coefficient (Wildman–Crippen LogP) is 2.28. The van der Waals surface area contributed by atoms with Crippen LogP contribution in [0.4, 0.5) is 0 Å². The van der Waals surface area contributed by atoms with Crippen molar-refractivity contribution < 1.29 is 0 Å². The third kappa shape index (κ3) is 2.13. The zero-order valence-corrected chi connectivity index (χ0v) is 8.82. The summed E-state index contributed by atoms with van der Waals surface area (Å²) >= 11 is 0. The third-order valence-corrected chi connectivity index (χ3v) is 3.14. The van der Waals surface area contributed by atoms with Crippen molar-refractivity contribution in [2.45, 2.75) is 25.7 Å². The third-order valence-electron chi connectivity index (χ3n) is 3.14. The fraction of sp³-hybridized carbons (Fsp3) is 0.583. The molecule has 1 saturated heterocycles. The lowest BCUT2D eigenvalue weighted by molar-refractivity contribution is 0.221. The molecule has 0 spiro atoms. The van der Waals surface area contributed by atoms with E-state index in [0.29, 0.717) is 5.92 Å². The molecule has 0 bridgehead atoms. The van der Waals surface area contributed by atoms with Crippen LogP contribution in [0.1, 0.15) is 31.4 Å². The smallest absolute Gasteiger partial charge is 0.0435 e. The summed E-state index contributed by atoms with van der Waals surface area (Å²) in [5.74, 6) is 0.694. The molecule has 2 nitrogen and oxygen atoms in total. The van der Waals surface area contributed by atoms with E-state index in [9.17, 15) is 0 Å². The summed E-state index contributed by atoms with van der Waals surface area (Å²) in [5, 5.41) is 0. The quantitative estimate of drug-likeness (QED) is 0.711. The maximum atomic E-state index is 4.43. The van der Waals surface area contributed by atoms with Crippen LogP contribution in [0.2, 0.25) is 0 Å². The molecule has 0 unspecified atom stereocenters. The maximum absolute atomic E-state index is 4.43. The second kappa shape index (κ2) is 4.56. The van der Waals surface area contributed by atoms with E-state index in [-0.39, 0.29) is 0 Å². The summed E-state index contributed by atoms with van der Waals surface area (Å²) in [4.78, 5) is 6.95. The van der Waals surface area contributed by atoms with Gasteiger partial charge in [-0.15, -0.1) is 0 Å². The van der Waals surface area contributed by atoms with E-state index in [1.807, 2.05) is 12.3 Å². The number of nitrogens with zero attached hydrogens (tertiary/aromatic N) is 2. The predicted molar refractivity (Wildman–Crippen MR) is 58.3 cm³/mol. The van der Waals surface area contributed by atoms with Gasteiger partial charge in [0, 0.05) is 17.8 Å². The average Bonchev–Trinajstić information content (AvgIpc) is 2.30. The van der Waals surface area contributed by atoms with Crippen molar-refractivity contribution in [2.24, 2.45) is 0 Å². The first-order chi connectivity index (χ1) is 6.90. The lowest BCUT2D eigenvalue weighted by Crippen LogP contribution is -2.32. The van der Waals surface area contributed by atoms with Gasteiger partial charge in [-0.25, -0.2) is 0 Å². The van der Waals surface area contributed by atoms with E-state index in [2.05, 4.69) is 28.9 Å². The average molecular weight is 190 g/mol. The molecule has 0 radical (unpaired) electrons. The molecule has 0 aliphatic carbocycles. The van der Waals surface area contributed by atoms with Gasteiger partial charge < -0.3 is 4.90 Å². The van der Waals surface area contributed by atoms with E-state index in [0.717, 1.165) is 0 Å². The van der Waals surface area contributed by atoms with Gasteiger partial charge in [0.05, 0.1) is 0 Å². The van der Waals surface area contributed by atoms with Gasteiger partial charge in [0.15, 0.2) is 0 Å². The minimum Gasteiger partial charge on any atom is -0.304 e. The van der Waals surface area contributed by atoms with E-state index in [4.69, 9.17) is 0 Å². The number of hydrogen-bond donors (Lipinski definition) is 0. The Morgan fingerprint density at radius 2 is 2.14 bits per heavy atom. The van der Waals surface area contributed by atoms with Crippen molar-refractivity contribution in [1.82, 2.24) is 9.88 Å². The highest BCUT2D eigenvalue weighted by atomic mass is 15.1. The molecule has 0 N–H and O–H groups in total. The molecule has 0 atom stereocenters. The standard InChI is InChI=1S/C12H18N2/c1-2-14-9-6-11(7-10-14)12-5-3-4-8-13-12/h3-5,8,11H,2,6-7,9-10H2,1H3. The molecule has 1 aliphatic heterocycles. The molecule has 2 heterocycles. The molecule has 2 rings (SSSR count). The highest BCUT2D eigenvalue weighted by Crippen LogP contribution is 2.25. The maximum Gasteiger partial charge on any atom is 0.0435 e. The minimum atomic E-state index is 0.694. The topological polar surface area (TPSA) is 16.1 Å². The Kier molecular flexibility index (Phi) is 3.14. The van der Waals surface area contributed by atoms with E-state index in [1.54, 1.807) is 0 Å². The van der Waals surface area contributed by atoms with Gasteiger partial charge in [0.2, 0.25) is 0 Å². The molecule has 2 heteroatoms. The van der Waals surface area contributed by atoms with Gasteiger partial charge in [-0.3, -0.25) is 4.98 Å². The number of hydrogen-bond acceptors (Lipinski definition) is 2. The number of rotatable bonds is 2. The second-order valence-corrected chi connectivity index (χ2v) is 3.96. The highest BCUT2D eigenvalue weighted by molar-refractivity contribution is 5.10. The molecule has 0 aromatic carbocycles. The number of aromatic nitrogens is 1. The van der Waals surface area contributed by atoms with Gasteiger partial charge in [0.1, 0.15) is 0 Å². The Bertz CT molecular complexity index is 263. The highest BCUT2D eigenvalue weighted by Gasteiger charge is 2.19. The van der Waals surface area contributed by atoms with E-state index in [1.165, 1.54) is 38.2 Å². The Morgan fingerprint density at radius 1 is 1.36 bits per heavy atom. The zero-order valence-electron chi connectivity index (χ0n) is 8.82. The van der Waals surface area contributed by atoms with Gasteiger partial charge in [-0.1, -0.05) is 13.0 Å². The lowest BCUT2D eigenvalue weighted by atomic mass is 9.93.